The van der Waals surface area contributed by atoms with Crippen molar-refractivity contribution in [3.63, 3.8) is 0 Å². The van der Waals surface area contributed by atoms with E-state index >= 15 is 0 Å². The van der Waals surface area contributed by atoms with Crippen molar-refractivity contribution in [3.05, 3.63) is 30.2 Å². The molecule has 4 rings (SSSR count). The molecule has 9 heteroatoms. The normalized spacial score (nSPS) is 17.3. The van der Waals surface area contributed by atoms with Crippen molar-refractivity contribution >= 4 is 32.6 Å². The van der Waals surface area contributed by atoms with E-state index in [2.05, 4.69) is 9.88 Å². The number of hydrogen-bond acceptors (Lipinski definition) is 8. The standard InChI is InChI=1S/C20H25N3O5S/c1-25-15-3-4-18-16(13-15)21-20(29-18)23(19(24)17-14-27-11-12-28-17)6-2-5-22-7-9-26-10-8-22/h3-4,13-14H,2,5-12H2,1H3. The summed E-state index contributed by atoms with van der Waals surface area (Å²) in [7, 11) is 1.63. The molecule has 0 aliphatic carbocycles. The van der Waals surface area contributed by atoms with Gasteiger partial charge in [-0.25, -0.2) is 4.98 Å². The topological polar surface area (TPSA) is 73.4 Å². The van der Waals surface area contributed by atoms with Gasteiger partial charge in [-0.2, -0.15) is 0 Å². The third-order valence-electron chi connectivity index (χ3n) is 4.88. The smallest absolute Gasteiger partial charge is 0.298 e. The number of benzene rings is 1. The van der Waals surface area contributed by atoms with E-state index < -0.39 is 0 Å². The number of fused-ring (bicyclic) bond motifs is 1. The molecule has 2 aliphatic rings. The number of methoxy groups -OCH3 is 1. The van der Waals surface area contributed by atoms with Gasteiger partial charge in [0.05, 0.1) is 30.5 Å². The Labute approximate surface area is 173 Å². The van der Waals surface area contributed by atoms with Crippen LogP contribution in [0.5, 0.6) is 5.75 Å². The van der Waals surface area contributed by atoms with Crippen LogP contribution in [0.15, 0.2) is 30.2 Å². The Morgan fingerprint density at radius 3 is 2.90 bits per heavy atom. The van der Waals surface area contributed by atoms with E-state index in [0.29, 0.717) is 24.9 Å². The van der Waals surface area contributed by atoms with Gasteiger partial charge in [-0.1, -0.05) is 11.3 Å². The number of anilines is 1. The lowest BCUT2D eigenvalue weighted by Gasteiger charge is -2.28. The lowest BCUT2D eigenvalue weighted by molar-refractivity contribution is -0.119. The van der Waals surface area contributed by atoms with Crippen molar-refractivity contribution in [2.75, 3.05) is 64.6 Å². The number of aromatic nitrogens is 1. The van der Waals surface area contributed by atoms with Gasteiger partial charge in [-0.15, -0.1) is 0 Å². The summed E-state index contributed by atoms with van der Waals surface area (Å²) >= 11 is 1.48. The number of carbonyl (C=O) groups excluding carboxylic acids is 1. The zero-order chi connectivity index (χ0) is 20.1. The minimum atomic E-state index is -0.224. The molecule has 1 fully saturated rings. The minimum Gasteiger partial charge on any atom is -0.497 e. The molecule has 0 atom stereocenters. The lowest BCUT2D eigenvalue weighted by atomic mass is 10.3. The molecule has 29 heavy (non-hydrogen) atoms. The number of amides is 1. The number of hydrogen-bond donors (Lipinski definition) is 0. The van der Waals surface area contributed by atoms with Gasteiger partial charge >= 0.3 is 0 Å². The highest BCUT2D eigenvalue weighted by atomic mass is 32.1. The van der Waals surface area contributed by atoms with Crippen molar-refractivity contribution in [2.24, 2.45) is 0 Å². The average molecular weight is 420 g/mol. The Kier molecular flexibility index (Phi) is 6.48. The fourth-order valence-corrected chi connectivity index (χ4v) is 4.28. The van der Waals surface area contributed by atoms with E-state index in [-0.39, 0.29) is 11.7 Å². The lowest BCUT2D eigenvalue weighted by Crippen LogP contribution is -2.40. The molecule has 1 saturated heterocycles. The molecule has 2 aliphatic heterocycles. The first-order valence-corrected chi connectivity index (χ1v) is 10.6. The first kappa shape index (κ1) is 19.9. The van der Waals surface area contributed by atoms with E-state index in [4.69, 9.17) is 18.9 Å². The third-order valence-corrected chi connectivity index (χ3v) is 5.94. The van der Waals surface area contributed by atoms with Crippen LogP contribution in [0.3, 0.4) is 0 Å². The number of morpholine rings is 1. The van der Waals surface area contributed by atoms with E-state index in [0.717, 1.165) is 55.2 Å². The van der Waals surface area contributed by atoms with E-state index in [1.54, 1.807) is 12.0 Å². The number of ether oxygens (including phenoxy) is 4. The van der Waals surface area contributed by atoms with Gasteiger partial charge in [0.1, 0.15) is 25.2 Å². The summed E-state index contributed by atoms with van der Waals surface area (Å²) in [4.78, 5) is 21.9. The fourth-order valence-electron chi connectivity index (χ4n) is 3.31. The molecule has 1 amide bonds. The zero-order valence-electron chi connectivity index (χ0n) is 16.5. The summed E-state index contributed by atoms with van der Waals surface area (Å²) in [6.45, 7) is 5.66. The van der Waals surface area contributed by atoms with Crippen LogP contribution < -0.4 is 9.64 Å². The Hall–Kier alpha value is -2.36. The highest BCUT2D eigenvalue weighted by molar-refractivity contribution is 7.22. The molecule has 2 aromatic rings. The Balaban J connectivity index is 1.53. The van der Waals surface area contributed by atoms with Crippen LogP contribution in [-0.2, 0) is 19.0 Å². The summed E-state index contributed by atoms with van der Waals surface area (Å²) in [6.07, 6.45) is 2.23. The monoisotopic (exact) mass is 419 g/mol. The molecule has 0 bridgehead atoms. The zero-order valence-corrected chi connectivity index (χ0v) is 17.3. The molecule has 0 saturated carbocycles. The van der Waals surface area contributed by atoms with Gasteiger partial charge in [-0.05, 0) is 18.6 Å². The molecule has 0 N–H and O–H groups in total. The van der Waals surface area contributed by atoms with Crippen molar-refractivity contribution in [2.45, 2.75) is 6.42 Å². The maximum atomic E-state index is 13.1. The SMILES string of the molecule is COc1ccc2sc(N(CCCN3CCOCC3)C(=O)C3=COCCO3)nc2c1. The van der Waals surface area contributed by atoms with Crippen LogP contribution in [0.1, 0.15) is 6.42 Å². The third kappa shape index (κ3) is 4.80. The summed E-state index contributed by atoms with van der Waals surface area (Å²) in [5.41, 5.74) is 0.810. The van der Waals surface area contributed by atoms with Crippen LogP contribution in [-0.4, -0.2) is 75.5 Å². The van der Waals surface area contributed by atoms with E-state index in [1.807, 2.05) is 18.2 Å². The molecule has 0 radical (unpaired) electrons. The van der Waals surface area contributed by atoms with Crippen LogP contribution in [0.4, 0.5) is 5.13 Å². The van der Waals surface area contributed by atoms with Gasteiger partial charge in [0.25, 0.3) is 5.91 Å². The number of rotatable bonds is 7. The van der Waals surface area contributed by atoms with Gasteiger partial charge in [0.2, 0.25) is 5.76 Å². The van der Waals surface area contributed by atoms with Crippen molar-refractivity contribution in [3.8, 4) is 5.75 Å². The summed E-state index contributed by atoms with van der Waals surface area (Å²) < 4.78 is 22.5. The molecule has 1 aromatic carbocycles. The second-order valence-electron chi connectivity index (χ2n) is 6.80. The second kappa shape index (κ2) is 9.43. The Morgan fingerprint density at radius 2 is 2.14 bits per heavy atom. The van der Waals surface area contributed by atoms with Crippen LogP contribution in [0, 0.1) is 0 Å². The van der Waals surface area contributed by atoms with Crippen LogP contribution in [0.2, 0.25) is 0 Å². The number of thiazole rings is 1. The molecular weight excluding hydrogens is 394 g/mol. The van der Waals surface area contributed by atoms with Gasteiger partial charge in [0, 0.05) is 32.2 Å². The maximum Gasteiger partial charge on any atom is 0.298 e. The molecular formula is C20H25N3O5S. The van der Waals surface area contributed by atoms with Crippen molar-refractivity contribution in [1.29, 1.82) is 0 Å². The predicted molar refractivity (Wildman–Crippen MR) is 110 cm³/mol. The minimum absolute atomic E-state index is 0.222. The first-order chi connectivity index (χ1) is 14.2. The van der Waals surface area contributed by atoms with Crippen LogP contribution in [0.25, 0.3) is 10.2 Å². The Morgan fingerprint density at radius 1 is 1.28 bits per heavy atom. The second-order valence-corrected chi connectivity index (χ2v) is 7.80. The molecule has 0 unspecified atom stereocenters. The number of nitrogens with zero attached hydrogens (tertiary/aromatic N) is 3. The molecule has 156 valence electrons. The summed E-state index contributed by atoms with van der Waals surface area (Å²) in [5.74, 6) is 0.739. The van der Waals surface area contributed by atoms with Gasteiger partial charge in [-0.3, -0.25) is 14.6 Å². The predicted octanol–water partition coefficient (Wildman–Crippen LogP) is 2.25. The van der Waals surface area contributed by atoms with Crippen LogP contribution >= 0.6 is 11.3 Å². The maximum absolute atomic E-state index is 13.1. The van der Waals surface area contributed by atoms with E-state index in [9.17, 15) is 4.79 Å². The molecule has 3 heterocycles. The quantitative estimate of drug-likeness (QED) is 0.681. The molecule has 0 spiro atoms. The summed E-state index contributed by atoms with van der Waals surface area (Å²) in [5, 5.41) is 0.648. The first-order valence-electron chi connectivity index (χ1n) is 9.76. The molecule has 1 aromatic heterocycles. The Bertz CT molecular complexity index is 878. The highest BCUT2D eigenvalue weighted by Crippen LogP contribution is 2.32. The van der Waals surface area contributed by atoms with Crippen molar-refractivity contribution in [1.82, 2.24) is 9.88 Å². The highest BCUT2D eigenvalue weighted by Gasteiger charge is 2.26. The molecule has 8 nitrogen and oxygen atoms in total. The van der Waals surface area contributed by atoms with Gasteiger partial charge < -0.3 is 18.9 Å². The van der Waals surface area contributed by atoms with Gasteiger partial charge in [0.15, 0.2) is 5.13 Å². The van der Waals surface area contributed by atoms with Crippen molar-refractivity contribution < 1.29 is 23.7 Å². The van der Waals surface area contributed by atoms with E-state index in [1.165, 1.54) is 17.6 Å². The number of carbonyl (C=O) groups is 1. The fraction of sp³-hybridized carbons (Fsp3) is 0.500. The average Bonchev–Trinajstić information content (AvgIpc) is 3.20. The summed E-state index contributed by atoms with van der Waals surface area (Å²) in [6, 6.07) is 5.74. The largest absolute Gasteiger partial charge is 0.497 e.